The third-order valence-electron chi connectivity index (χ3n) is 5.68. The number of ether oxygens (including phenoxy) is 2. The van der Waals surface area contributed by atoms with Gasteiger partial charge >= 0.3 is 6.03 Å². The van der Waals surface area contributed by atoms with Crippen molar-refractivity contribution in [1.82, 2.24) is 10.2 Å². The molecular weight excluding hydrogens is 318 g/mol. The number of hydrogen-bond donors (Lipinski definition) is 1. The van der Waals surface area contributed by atoms with E-state index < -0.39 is 0 Å². The molecule has 3 saturated heterocycles. The van der Waals surface area contributed by atoms with E-state index in [-0.39, 0.29) is 11.4 Å². The van der Waals surface area contributed by atoms with Crippen molar-refractivity contribution in [2.45, 2.75) is 19.4 Å². The molecule has 1 N–H and O–H groups in total. The van der Waals surface area contributed by atoms with Gasteiger partial charge in [0.05, 0.1) is 19.8 Å². The van der Waals surface area contributed by atoms with Crippen LogP contribution in [0.25, 0.3) is 0 Å². The fraction of sp³-hybridized carbons (Fsp3) is 0.632. The molecule has 1 aromatic rings. The number of morpholine rings is 1. The number of benzene rings is 1. The van der Waals surface area contributed by atoms with Crippen molar-refractivity contribution in [1.29, 1.82) is 0 Å². The van der Waals surface area contributed by atoms with E-state index in [0.29, 0.717) is 6.54 Å². The van der Waals surface area contributed by atoms with Gasteiger partial charge in [0.1, 0.15) is 0 Å². The largest absolute Gasteiger partial charge is 0.381 e. The Labute approximate surface area is 149 Å². The minimum absolute atomic E-state index is 0.0422. The van der Waals surface area contributed by atoms with Crippen LogP contribution in [0.2, 0.25) is 0 Å². The molecule has 6 heteroatoms. The maximum atomic E-state index is 12.6. The van der Waals surface area contributed by atoms with Crippen LogP contribution >= 0.6 is 0 Å². The quantitative estimate of drug-likeness (QED) is 0.908. The van der Waals surface area contributed by atoms with Crippen molar-refractivity contribution in [2.75, 3.05) is 57.5 Å². The highest BCUT2D eigenvalue weighted by molar-refractivity contribution is 5.75. The van der Waals surface area contributed by atoms with Gasteiger partial charge in [0.25, 0.3) is 0 Å². The zero-order valence-electron chi connectivity index (χ0n) is 14.7. The summed E-state index contributed by atoms with van der Waals surface area (Å²) in [7, 11) is 0. The minimum Gasteiger partial charge on any atom is -0.381 e. The molecule has 6 nitrogen and oxygen atoms in total. The van der Waals surface area contributed by atoms with E-state index in [9.17, 15) is 4.79 Å². The second kappa shape index (κ2) is 7.22. The molecule has 0 aromatic heterocycles. The van der Waals surface area contributed by atoms with Gasteiger partial charge in [0.15, 0.2) is 0 Å². The molecule has 4 rings (SSSR count). The van der Waals surface area contributed by atoms with E-state index in [4.69, 9.17) is 9.47 Å². The van der Waals surface area contributed by atoms with E-state index >= 15 is 0 Å². The molecule has 1 atom stereocenters. The van der Waals surface area contributed by atoms with Crippen LogP contribution in [-0.4, -0.2) is 63.5 Å². The van der Waals surface area contributed by atoms with Crippen LogP contribution in [0.1, 0.15) is 18.4 Å². The van der Waals surface area contributed by atoms with Crippen LogP contribution in [0, 0.1) is 5.41 Å². The summed E-state index contributed by atoms with van der Waals surface area (Å²) in [5.74, 6) is 0. The number of nitrogens with zero attached hydrogens (tertiary/aromatic N) is 2. The van der Waals surface area contributed by atoms with Crippen molar-refractivity contribution in [3.8, 4) is 0 Å². The lowest BCUT2D eigenvalue weighted by atomic mass is 9.87. The average Bonchev–Trinajstić information content (AvgIpc) is 3.31. The molecule has 1 spiro atoms. The van der Waals surface area contributed by atoms with Crippen LogP contribution in [0.4, 0.5) is 10.5 Å². The SMILES string of the molecule is O=C(NCc1ccccc1N1CCOCC1)N1CC[C@]2(CCOC2)C1. The first-order valence-electron chi connectivity index (χ1n) is 9.27. The van der Waals surface area contributed by atoms with Gasteiger partial charge in [-0.25, -0.2) is 4.79 Å². The normalized spacial score (nSPS) is 26.4. The van der Waals surface area contributed by atoms with Crippen LogP contribution in [0.3, 0.4) is 0 Å². The second-order valence-corrected chi connectivity index (χ2v) is 7.36. The topological polar surface area (TPSA) is 54.0 Å². The maximum absolute atomic E-state index is 12.6. The number of para-hydroxylation sites is 1. The first-order valence-corrected chi connectivity index (χ1v) is 9.27. The summed E-state index contributed by atoms with van der Waals surface area (Å²) >= 11 is 0. The number of urea groups is 1. The Morgan fingerprint density at radius 2 is 1.92 bits per heavy atom. The van der Waals surface area contributed by atoms with Crippen molar-refractivity contribution in [2.24, 2.45) is 5.41 Å². The van der Waals surface area contributed by atoms with Crippen LogP contribution in [0.5, 0.6) is 0 Å². The lowest BCUT2D eigenvalue weighted by molar-refractivity contribution is 0.122. The Morgan fingerprint density at radius 1 is 1.08 bits per heavy atom. The number of anilines is 1. The van der Waals surface area contributed by atoms with E-state index in [2.05, 4.69) is 28.4 Å². The number of amides is 2. The summed E-state index contributed by atoms with van der Waals surface area (Å²) in [6.45, 7) is 7.19. The van der Waals surface area contributed by atoms with Gasteiger partial charge in [-0.1, -0.05) is 18.2 Å². The van der Waals surface area contributed by atoms with Crippen LogP contribution < -0.4 is 10.2 Å². The first-order chi connectivity index (χ1) is 12.3. The van der Waals surface area contributed by atoms with Crippen molar-refractivity contribution in [3.05, 3.63) is 29.8 Å². The summed E-state index contributed by atoms with van der Waals surface area (Å²) in [5, 5.41) is 3.12. The smallest absolute Gasteiger partial charge is 0.317 e. The predicted molar refractivity (Wildman–Crippen MR) is 95.8 cm³/mol. The van der Waals surface area contributed by atoms with Crippen molar-refractivity contribution < 1.29 is 14.3 Å². The van der Waals surface area contributed by atoms with E-state index in [1.54, 1.807) is 0 Å². The molecule has 3 aliphatic heterocycles. The Hall–Kier alpha value is -1.79. The highest BCUT2D eigenvalue weighted by Gasteiger charge is 2.42. The molecule has 0 radical (unpaired) electrons. The number of likely N-dealkylation sites (tertiary alicyclic amines) is 1. The average molecular weight is 345 g/mol. The zero-order valence-corrected chi connectivity index (χ0v) is 14.7. The molecule has 3 heterocycles. The Morgan fingerprint density at radius 3 is 2.72 bits per heavy atom. The summed E-state index contributed by atoms with van der Waals surface area (Å²) < 4.78 is 11.0. The third-order valence-corrected chi connectivity index (χ3v) is 5.68. The van der Waals surface area contributed by atoms with E-state index in [0.717, 1.165) is 71.0 Å². The molecular formula is C19H27N3O3. The third kappa shape index (κ3) is 3.60. The standard InChI is InChI=1S/C19H27N3O3/c23-18(22-7-5-19(14-22)6-10-25-15-19)20-13-16-3-1-2-4-17(16)21-8-11-24-12-9-21/h1-4H,5-15H2,(H,20,23)/t19-/m0/s1. The molecule has 136 valence electrons. The highest BCUT2D eigenvalue weighted by atomic mass is 16.5. The van der Waals surface area contributed by atoms with Gasteiger partial charge < -0.3 is 24.6 Å². The minimum atomic E-state index is 0.0422. The van der Waals surface area contributed by atoms with Crippen molar-refractivity contribution in [3.63, 3.8) is 0 Å². The van der Waals surface area contributed by atoms with Gasteiger partial charge in [-0.15, -0.1) is 0 Å². The lowest BCUT2D eigenvalue weighted by Gasteiger charge is -2.30. The summed E-state index contributed by atoms with van der Waals surface area (Å²) in [6, 6.07) is 8.36. The lowest BCUT2D eigenvalue weighted by Crippen LogP contribution is -2.40. The fourth-order valence-corrected chi connectivity index (χ4v) is 4.14. The van der Waals surface area contributed by atoms with E-state index in [1.807, 2.05) is 11.0 Å². The molecule has 0 unspecified atom stereocenters. The molecule has 0 aliphatic carbocycles. The summed E-state index contributed by atoms with van der Waals surface area (Å²) in [6.07, 6.45) is 2.14. The van der Waals surface area contributed by atoms with Crippen LogP contribution in [0.15, 0.2) is 24.3 Å². The van der Waals surface area contributed by atoms with Gasteiger partial charge in [0.2, 0.25) is 0 Å². The molecule has 3 fully saturated rings. The first kappa shape index (κ1) is 16.7. The monoisotopic (exact) mass is 345 g/mol. The summed E-state index contributed by atoms with van der Waals surface area (Å²) in [5.41, 5.74) is 2.58. The maximum Gasteiger partial charge on any atom is 0.317 e. The second-order valence-electron chi connectivity index (χ2n) is 7.36. The molecule has 1 aromatic carbocycles. The molecule has 2 amide bonds. The van der Waals surface area contributed by atoms with Gasteiger partial charge in [-0.3, -0.25) is 0 Å². The van der Waals surface area contributed by atoms with Gasteiger partial charge in [-0.2, -0.15) is 0 Å². The Bertz CT molecular complexity index is 610. The fourth-order valence-electron chi connectivity index (χ4n) is 4.14. The highest BCUT2D eigenvalue weighted by Crippen LogP contribution is 2.38. The molecule has 0 saturated carbocycles. The zero-order chi connectivity index (χ0) is 17.1. The number of rotatable bonds is 3. The number of nitrogens with one attached hydrogen (secondary N) is 1. The predicted octanol–water partition coefficient (Wildman–Crippen LogP) is 1.85. The van der Waals surface area contributed by atoms with E-state index in [1.165, 1.54) is 5.69 Å². The molecule has 0 bridgehead atoms. The number of carbonyl (C=O) groups is 1. The van der Waals surface area contributed by atoms with Gasteiger partial charge in [0, 0.05) is 50.4 Å². The Kier molecular flexibility index (Phi) is 4.81. The number of hydrogen-bond acceptors (Lipinski definition) is 4. The summed E-state index contributed by atoms with van der Waals surface area (Å²) in [4.78, 5) is 16.9. The molecule has 3 aliphatic rings. The molecule has 25 heavy (non-hydrogen) atoms. The van der Waals surface area contributed by atoms with Gasteiger partial charge in [-0.05, 0) is 24.5 Å². The van der Waals surface area contributed by atoms with Crippen LogP contribution in [-0.2, 0) is 16.0 Å². The Balaban J connectivity index is 1.36. The number of carbonyl (C=O) groups excluding carboxylic acids is 1. The van der Waals surface area contributed by atoms with Crippen molar-refractivity contribution >= 4 is 11.7 Å².